The molecular formula is C30H39F2N3O5. The number of aromatic hydroxyl groups is 1. The molecule has 0 aliphatic carbocycles. The number of carbonyl (C=O) groups is 3. The first-order chi connectivity index (χ1) is 18.7. The van der Waals surface area contributed by atoms with Gasteiger partial charge in [-0.2, -0.15) is 0 Å². The number of hydrogen-bond acceptors (Lipinski definition) is 5. The summed E-state index contributed by atoms with van der Waals surface area (Å²) in [6.07, 6.45) is -0.142. The summed E-state index contributed by atoms with van der Waals surface area (Å²) in [5, 5.41) is 26.6. The molecule has 0 spiro atoms. The van der Waals surface area contributed by atoms with Gasteiger partial charge in [0.05, 0.1) is 18.1 Å². The lowest BCUT2D eigenvalue weighted by molar-refractivity contribution is -0.144. The van der Waals surface area contributed by atoms with E-state index >= 15 is 8.78 Å². The number of unbranched alkanes of at least 4 members (excludes halogenated alkanes) is 1. The van der Waals surface area contributed by atoms with Crippen molar-refractivity contribution in [3.8, 4) is 5.75 Å². The summed E-state index contributed by atoms with van der Waals surface area (Å²) in [6, 6.07) is 8.56. The van der Waals surface area contributed by atoms with Crippen LogP contribution in [0.3, 0.4) is 0 Å². The van der Waals surface area contributed by atoms with Crippen molar-refractivity contribution in [2.45, 2.75) is 78.0 Å². The van der Waals surface area contributed by atoms with Crippen LogP contribution in [0, 0.1) is 19.3 Å². The number of amides is 3. The Morgan fingerprint density at radius 2 is 1.77 bits per heavy atom. The Labute approximate surface area is 233 Å². The fourth-order valence-electron chi connectivity index (χ4n) is 5.03. The number of halogens is 2. The van der Waals surface area contributed by atoms with E-state index in [2.05, 4.69) is 10.6 Å². The molecule has 2 aromatic carbocycles. The van der Waals surface area contributed by atoms with Crippen molar-refractivity contribution in [2.75, 3.05) is 13.1 Å². The number of aliphatic hydroxyl groups excluding tert-OH is 1. The first-order valence-electron chi connectivity index (χ1n) is 13.5. The molecule has 218 valence electrons. The van der Waals surface area contributed by atoms with E-state index in [9.17, 15) is 24.6 Å². The second kappa shape index (κ2) is 12.3. The highest BCUT2D eigenvalue weighted by Crippen LogP contribution is 2.48. The first-order valence-corrected chi connectivity index (χ1v) is 13.5. The Bertz CT molecular complexity index is 1240. The van der Waals surface area contributed by atoms with Gasteiger partial charge in [0.1, 0.15) is 17.8 Å². The van der Waals surface area contributed by atoms with Crippen LogP contribution in [0.2, 0.25) is 0 Å². The predicted molar refractivity (Wildman–Crippen MR) is 147 cm³/mol. The van der Waals surface area contributed by atoms with Gasteiger partial charge in [-0.15, -0.1) is 0 Å². The number of hydrogen-bond donors (Lipinski definition) is 4. The standard InChI is InChI=1S/C30H39F2N3O5/c1-6-7-13-33-27(39)25-29(4,5)30(31,32)17-35(25)28(40)24(23(37)16-20-11-9-8-10-12-20)34-26(38)21-14-18(2)15-22(36)19(21)3/h8-12,14-15,23-25,36-37H,6-7,13,16-17H2,1-5H3,(H,33,39)(H,34,38)/t23-,24-,25+/m0/s1. The number of nitrogens with one attached hydrogen (secondary N) is 2. The van der Waals surface area contributed by atoms with Gasteiger partial charge in [0.2, 0.25) is 11.8 Å². The quantitative estimate of drug-likeness (QED) is 0.333. The zero-order valence-electron chi connectivity index (χ0n) is 23.6. The average Bonchev–Trinajstić information content (AvgIpc) is 3.08. The number of aryl methyl sites for hydroxylation is 1. The van der Waals surface area contributed by atoms with Gasteiger partial charge in [0, 0.05) is 24.1 Å². The fraction of sp³-hybridized carbons (Fsp3) is 0.500. The van der Waals surface area contributed by atoms with Crippen LogP contribution in [0.4, 0.5) is 8.78 Å². The van der Waals surface area contributed by atoms with Gasteiger partial charge in [0.15, 0.2) is 0 Å². The third kappa shape index (κ3) is 6.43. The number of rotatable bonds is 10. The lowest BCUT2D eigenvalue weighted by Crippen LogP contribution is -2.59. The van der Waals surface area contributed by atoms with Gasteiger partial charge < -0.3 is 25.7 Å². The summed E-state index contributed by atoms with van der Waals surface area (Å²) in [7, 11) is 0. The van der Waals surface area contributed by atoms with Crippen LogP contribution >= 0.6 is 0 Å². The van der Waals surface area contributed by atoms with Gasteiger partial charge in [-0.3, -0.25) is 14.4 Å². The minimum absolute atomic E-state index is 0.0590. The summed E-state index contributed by atoms with van der Waals surface area (Å²) >= 11 is 0. The topological polar surface area (TPSA) is 119 Å². The maximum Gasteiger partial charge on any atom is 0.272 e. The molecule has 3 atom stereocenters. The monoisotopic (exact) mass is 559 g/mol. The van der Waals surface area contributed by atoms with Crippen LogP contribution in [-0.2, 0) is 16.0 Å². The molecule has 1 fully saturated rings. The number of phenols is 1. The molecule has 1 heterocycles. The first kappa shape index (κ1) is 31.0. The smallest absolute Gasteiger partial charge is 0.272 e. The SMILES string of the molecule is CCCCNC(=O)[C@H]1N(C(=O)[C@@H](NC(=O)c2cc(C)cc(O)c2C)[C@@H](O)Cc2ccccc2)CC(F)(F)C1(C)C. The minimum atomic E-state index is -3.41. The number of nitrogens with zero attached hydrogens (tertiary/aromatic N) is 1. The van der Waals surface area contributed by atoms with Crippen molar-refractivity contribution in [1.82, 2.24) is 15.5 Å². The second-order valence-electron chi connectivity index (χ2n) is 11.1. The highest BCUT2D eigenvalue weighted by molar-refractivity contribution is 6.00. The number of benzene rings is 2. The Morgan fingerprint density at radius 1 is 1.12 bits per heavy atom. The van der Waals surface area contributed by atoms with E-state index < -0.39 is 53.8 Å². The maximum atomic E-state index is 15.3. The Morgan fingerprint density at radius 3 is 2.40 bits per heavy atom. The summed E-state index contributed by atoms with van der Waals surface area (Å²) in [4.78, 5) is 41.3. The molecule has 1 saturated heterocycles. The average molecular weight is 560 g/mol. The molecule has 0 bridgehead atoms. The molecule has 1 aliphatic heterocycles. The summed E-state index contributed by atoms with van der Waals surface area (Å²) in [5.74, 6) is -6.01. The van der Waals surface area contributed by atoms with Gasteiger partial charge >= 0.3 is 0 Å². The third-order valence-corrected chi connectivity index (χ3v) is 7.66. The van der Waals surface area contributed by atoms with E-state index in [4.69, 9.17) is 0 Å². The number of carbonyl (C=O) groups excluding carboxylic acids is 3. The highest BCUT2D eigenvalue weighted by Gasteiger charge is 2.64. The molecule has 2 aromatic rings. The summed E-state index contributed by atoms with van der Waals surface area (Å²) < 4.78 is 30.5. The molecule has 1 aliphatic rings. The molecule has 8 nitrogen and oxygen atoms in total. The van der Waals surface area contributed by atoms with Crippen molar-refractivity contribution in [2.24, 2.45) is 5.41 Å². The number of likely N-dealkylation sites (tertiary alicyclic amines) is 1. The predicted octanol–water partition coefficient (Wildman–Crippen LogP) is 3.50. The van der Waals surface area contributed by atoms with Crippen LogP contribution in [0.5, 0.6) is 5.75 Å². The van der Waals surface area contributed by atoms with E-state index in [0.29, 0.717) is 17.5 Å². The van der Waals surface area contributed by atoms with Gasteiger partial charge in [-0.05, 0) is 43.5 Å². The lowest BCUT2D eigenvalue weighted by Gasteiger charge is -2.34. The van der Waals surface area contributed by atoms with Gasteiger partial charge in [-0.1, -0.05) is 57.5 Å². The Hall–Kier alpha value is -3.53. The Kier molecular flexibility index (Phi) is 9.56. The summed E-state index contributed by atoms with van der Waals surface area (Å²) in [6.45, 7) is 6.82. The zero-order valence-corrected chi connectivity index (χ0v) is 23.6. The molecule has 40 heavy (non-hydrogen) atoms. The second-order valence-corrected chi connectivity index (χ2v) is 11.1. The van der Waals surface area contributed by atoms with Crippen molar-refractivity contribution in [3.05, 3.63) is 64.7 Å². The zero-order chi connectivity index (χ0) is 29.8. The molecule has 0 radical (unpaired) electrons. The van der Waals surface area contributed by atoms with Crippen molar-refractivity contribution in [3.63, 3.8) is 0 Å². The van der Waals surface area contributed by atoms with Gasteiger partial charge in [-0.25, -0.2) is 8.78 Å². The number of aliphatic hydroxyl groups is 1. The van der Waals surface area contributed by atoms with E-state index in [1.807, 2.05) is 6.92 Å². The molecule has 0 aromatic heterocycles. The van der Waals surface area contributed by atoms with Crippen LogP contribution in [0.1, 0.15) is 60.7 Å². The highest BCUT2D eigenvalue weighted by atomic mass is 19.3. The lowest BCUT2D eigenvalue weighted by atomic mass is 9.81. The van der Waals surface area contributed by atoms with Gasteiger partial charge in [0.25, 0.3) is 11.8 Å². The van der Waals surface area contributed by atoms with Crippen LogP contribution < -0.4 is 10.6 Å². The molecule has 10 heteroatoms. The van der Waals surface area contributed by atoms with Crippen molar-refractivity contribution >= 4 is 17.7 Å². The normalized spacial score (nSPS) is 19.1. The fourth-order valence-corrected chi connectivity index (χ4v) is 5.03. The minimum Gasteiger partial charge on any atom is -0.508 e. The van der Waals surface area contributed by atoms with Crippen molar-refractivity contribution < 1.29 is 33.4 Å². The van der Waals surface area contributed by atoms with E-state index in [1.165, 1.54) is 32.9 Å². The maximum absolute atomic E-state index is 15.3. The van der Waals surface area contributed by atoms with E-state index in [1.54, 1.807) is 37.3 Å². The van der Waals surface area contributed by atoms with Crippen LogP contribution in [0.25, 0.3) is 0 Å². The largest absolute Gasteiger partial charge is 0.508 e. The van der Waals surface area contributed by atoms with E-state index in [0.717, 1.165) is 11.3 Å². The number of phenolic OH excluding ortho intramolecular Hbond substituents is 1. The van der Waals surface area contributed by atoms with Crippen LogP contribution in [-0.4, -0.2) is 70.0 Å². The van der Waals surface area contributed by atoms with E-state index in [-0.39, 0.29) is 29.8 Å². The van der Waals surface area contributed by atoms with Crippen LogP contribution in [0.15, 0.2) is 42.5 Å². The molecule has 4 N–H and O–H groups in total. The Balaban J connectivity index is 2.00. The molecule has 0 saturated carbocycles. The summed E-state index contributed by atoms with van der Waals surface area (Å²) in [5.41, 5.74) is -0.327. The van der Waals surface area contributed by atoms with Crippen molar-refractivity contribution in [1.29, 1.82) is 0 Å². The molecule has 3 amide bonds. The molecule has 0 unspecified atom stereocenters. The molecular weight excluding hydrogens is 520 g/mol. The number of alkyl halides is 2. The molecule has 3 rings (SSSR count). The third-order valence-electron chi connectivity index (χ3n) is 7.66.